The number of rotatable bonds is 7. The predicted octanol–water partition coefficient (Wildman–Crippen LogP) is 17.6. The van der Waals surface area contributed by atoms with E-state index >= 15 is 0 Å². The Balaban J connectivity index is 1.00. The predicted molar refractivity (Wildman–Crippen MR) is 279 cm³/mol. The fourth-order valence-corrected chi connectivity index (χ4v) is 11.0. The number of benzene rings is 11. The van der Waals surface area contributed by atoms with Crippen molar-refractivity contribution in [2.24, 2.45) is 0 Å². The first-order valence-corrected chi connectivity index (χ1v) is 23.0. The Bertz CT molecular complexity index is 3650. The second-order valence-electron chi connectivity index (χ2n) is 17.6. The van der Waals surface area contributed by atoms with Crippen molar-refractivity contribution in [3.63, 3.8) is 0 Å². The van der Waals surface area contributed by atoms with Gasteiger partial charge in [-0.3, -0.25) is 0 Å². The monoisotopic (exact) mass is 840 g/mol. The Morgan fingerprint density at radius 2 is 0.909 bits per heavy atom. The molecular weight excluding hydrogens is 797 g/mol. The van der Waals surface area contributed by atoms with Crippen LogP contribution < -0.4 is 9.80 Å². The molecule has 2 nitrogen and oxygen atoms in total. The molecule has 0 fully saturated rings. The third-order valence-electron chi connectivity index (χ3n) is 13.9. The fourth-order valence-electron chi connectivity index (χ4n) is 11.0. The standard InChI is InChI=1S/C64H44N2/c1-3-17-43(18-4-1)46-22-15-24-49(39-46)65(51-35-37-57-55-29-10-9-27-53(55)54-28-11-12-30-56(54)61(57)42-51)63-38-34-48(41-60(63)44-19-5-2-6-20-44)47-23-16-25-50(40-47)66-62-32-14-13-31-58(62)59-36-33-45-21-7-8-26-52(45)64(59)66/h1-42,59,64H. The van der Waals surface area contributed by atoms with E-state index in [9.17, 15) is 0 Å². The van der Waals surface area contributed by atoms with Gasteiger partial charge in [-0.2, -0.15) is 0 Å². The lowest BCUT2D eigenvalue weighted by Crippen LogP contribution is -2.23. The molecule has 13 rings (SSSR count). The quantitative estimate of drug-likeness (QED) is 0.148. The van der Waals surface area contributed by atoms with Crippen LogP contribution >= 0.6 is 0 Å². The maximum absolute atomic E-state index is 2.58. The molecule has 0 N–H and O–H groups in total. The van der Waals surface area contributed by atoms with Gasteiger partial charge < -0.3 is 9.80 Å². The molecule has 2 heteroatoms. The van der Waals surface area contributed by atoms with E-state index in [4.69, 9.17) is 0 Å². The highest BCUT2D eigenvalue weighted by atomic mass is 15.2. The van der Waals surface area contributed by atoms with E-state index in [1.165, 1.54) is 82.6 Å². The molecule has 2 aliphatic rings. The molecule has 2 atom stereocenters. The molecule has 0 radical (unpaired) electrons. The summed E-state index contributed by atoms with van der Waals surface area (Å²) in [5, 5.41) is 7.56. The molecule has 2 unspecified atom stereocenters. The summed E-state index contributed by atoms with van der Waals surface area (Å²) < 4.78 is 0. The summed E-state index contributed by atoms with van der Waals surface area (Å²) in [4.78, 5) is 5.04. The third-order valence-corrected chi connectivity index (χ3v) is 13.9. The van der Waals surface area contributed by atoms with Crippen LogP contribution in [0.5, 0.6) is 0 Å². The van der Waals surface area contributed by atoms with Gasteiger partial charge in [0.05, 0.1) is 11.7 Å². The summed E-state index contributed by atoms with van der Waals surface area (Å²) in [6.07, 6.45) is 4.71. The number of fused-ring (bicyclic) bond motifs is 11. The maximum Gasteiger partial charge on any atom is 0.0701 e. The summed E-state index contributed by atoms with van der Waals surface area (Å²) in [5.41, 5.74) is 16.8. The average Bonchev–Trinajstić information content (AvgIpc) is 3.74. The van der Waals surface area contributed by atoms with Crippen molar-refractivity contribution in [2.45, 2.75) is 12.0 Å². The first-order valence-electron chi connectivity index (χ1n) is 23.0. The Morgan fingerprint density at radius 1 is 0.348 bits per heavy atom. The summed E-state index contributed by atoms with van der Waals surface area (Å²) in [6.45, 7) is 0. The average molecular weight is 841 g/mol. The molecule has 66 heavy (non-hydrogen) atoms. The smallest absolute Gasteiger partial charge is 0.0701 e. The second kappa shape index (κ2) is 15.7. The van der Waals surface area contributed by atoms with Gasteiger partial charge in [-0.25, -0.2) is 0 Å². The molecule has 310 valence electrons. The first-order chi connectivity index (χ1) is 32.7. The highest BCUT2D eigenvalue weighted by molar-refractivity contribution is 6.25. The number of para-hydroxylation sites is 1. The molecule has 1 heterocycles. The van der Waals surface area contributed by atoms with E-state index in [1.54, 1.807) is 0 Å². The summed E-state index contributed by atoms with van der Waals surface area (Å²) in [5.74, 6) is 0.280. The minimum Gasteiger partial charge on any atom is -0.333 e. The van der Waals surface area contributed by atoms with E-state index in [0.29, 0.717) is 0 Å². The molecule has 0 aromatic heterocycles. The second-order valence-corrected chi connectivity index (χ2v) is 17.6. The summed E-state index contributed by atoms with van der Waals surface area (Å²) >= 11 is 0. The van der Waals surface area contributed by atoms with Crippen LogP contribution in [0.2, 0.25) is 0 Å². The summed E-state index contributed by atoms with van der Waals surface area (Å²) in [6, 6.07) is 89.6. The maximum atomic E-state index is 2.58. The van der Waals surface area contributed by atoms with Crippen molar-refractivity contribution in [2.75, 3.05) is 9.80 Å². The fraction of sp³-hybridized carbons (Fsp3) is 0.0312. The van der Waals surface area contributed by atoms with Crippen LogP contribution in [0.25, 0.3) is 71.8 Å². The van der Waals surface area contributed by atoms with Gasteiger partial charge in [-0.15, -0.1) is 0 Å². The van der Waals surface area contributed by atoms with Crippen LogP contribution in [0.3, 0.4) is 0 Å². The van der Waals surface area contributed by atoms with E-state index in [1.807, 2.05) is 0 Å². The number of hydrogen-bond acceptors (Lipinski definition) is 2. The lowest BCUT2D eigenvalue weighted by Gasteiger charge is -2.33. The molecule has 0 bridgehead atoms. The van der Waals surface area contributed by atoms with Gasteiger partial charge in [0.25, 0.3) is 0 Å². The molecule has 0 saturated heterocycles. The molecule has 0 amide bonds. The van der Waals surface area contributed by atoms with Crippen LogP contribution in [0.1, 0.15) is 28.7 Å². The van der Waals surface area contributed by atoms with Crippen LogP contribution in [0, 0.1) is 0 Å². The van der Waals surface area contributed by atoms with Crippen molar-refractivity contribution >= 4 is 66.8 Å². The van der Waals surface area contributed by atoms with E-state index in [2.05, 4.69) is 265 Å². The van der Waals surface area contributed by atoms with Crippen molar-refractivity contribution in [1.82, 2.24) is 0 Å². The van der Waals surface area contributed by atoms with Gasteiger partial charge in [0.15, 0.2) is 0 Å². The molecule has 1 aliphatic carbocycles. The van der Waals surface area contributed by atoms with Crippen LogP contribution in [0.15, 0.2) is 249 Å². The number of nitrogens with zero attached hydrogens (tertiary/aromatic N) is 2. The minimum atomic E-state index is 0.179. The lowest BCUT2D eigenvalue weighted by molar-refractivity contribution is 0.667. The molecule has 0 spiro atoms. The van der Waals surface area contributed by atoms with Crippen LogP contribution in [-0.2, 0) is 0 Å². The molecule has 11 aromatic rings. The van der Waals surface area contributed by atoms with Gasteiger partial charge >= 0.3 is 0 Å². The van der Waals surface area contributed by atoms with Crippen LogP contribution in [-0.4, -0.2) is 0 Å². The Morgan fingerprint density at radius 3 is 1.67 bits per heavy atom. The Kier molecular flexibility index (Phi) is 9.02. The van der Waals surface area contributed by atoms with Gasteiger partial charge in [0.2, 0.25) is 0 Å². The van der Waals surface area contributed by atoms with E-state index in [0.717, 1.165) is 28.2 Å². The van der Waals surface area contributed by atoms with E-state index in [-0.39, 0.29) is 12.0 Å². The van der Waals surface area contributed by atoms with Crippen LogP contribution in [0.4, 0.5) is 28.4 Å². The largest absolute Gasteiger partial charge is 0.333 e. The highest BCUT2D eigenvalue weighted by Crippen LogP contribution is 2.56. The number of hydrogen-bond donors (Lipinski definition) is 0. The normalized spacial score (nSPS) is 14.9. The highest BCUT2D eigenvalue weighted by Gasteiger charge is 2.41. The van der Waals surface area contributed by atoms with Crippen molar-refractivity contribution in [3.8, 4) is 33.4 Å². The SMILES string of the molecule is C1=CC2c3ccccc3N(c3cccc(-c4ccc(N(c5cccc(-c6ccccc6)c5)c5ccc6c7ccccc7c7ccccc7c6c5)c(-c5ccccc5)c4)c3)C2c2ccccc21. The topological polar surface area (TPSA) is 6.48 Å². The van der Waals surface area contributed by atoms with Gasteiger partial charge in [-0.1, -0.05) is 200 Å². The molecule has 0 saturated carbocycles. The molecular formula is C64H44N2. The summed E-state index contributed by atoms with van der Waals surface area (Å²) in [7, 11) is 0. The zero-order valence-corrected chi connectivity index (χ0v) is 36.3. The Hall–Kier alpha value is -8.46. The van der Waals surface area contributed by atoms with E-state index < -0.39 is 0 Å². The molecule has 1 aliphatic heterocycles. The van der Waals surface area contributed by atoms with Crippen molar-refractivity contribution < 1.29 is 0 Å². The van der Waals surface area contributed by atoms with Gasteiger partial charge in [-0.05, 0) is 131 Å². The minimum absolute atomic E-state index is 0.179. The zero-order chi connectivity index (χ0) is 43.6. The third kappa shape index (κ3) is 6.25. The molecule has 11 aromatic carbocycles. The zero-order valence-electron chi connectivity index (χ0n) is 36.3. The number of anilines is 5. The first kappa shape index (κ1) is 38.0. The van der Waals surface area contributed by atoms with Gasteiger partial charge in [0.1, 0.15) is 0 Å². The lowest BCUT2D eigenvalue weighted by atomic mass is 9.83. The van der Waals surface area contributed by atoms with Crippen molar-refractivity contribution in [1.29, 1.82) is 0 Å². The van der Waals surface area contributed by atoms with Gasteiger partial charge in [0, 0.05) is 34.2 Å². The van der Waals surface area contributed by atoms with Crippen molar-refractivity contribution in [3.05, 3.63) is 265 Å². The Labute approximate surface area is 385 Å².